The molecule has 1 atom stereocenters. The minimum atomic E-state index is -2.66. The van der Waals surface area contributed by atoms with Gasteiger partial charge >= 0.3 is 6.03 Å². The van der Waals surface area contributed by atoms with Crippen LogP contribution in [-0.4, -0.2) is 18.1 Å². The van der Waals surface area contributed by atoms with Crippen LogP contribution >= 0.6 is 11.8 Å². The number of nitriles is 1. The molecule has 1 unspecified atom stereocenters. The van der Waals surface area contributed by atoms with Gasteiger partial charge in [0.25, 0.3) is 6.43 Å². The number of thioether (sulfide) groups is 1. The first-order chi connectivity index (χ1) is 14.4. The predicted octanol–water partition coefficient (Wildman–Crippen LogP) is 5.11. The summed E-state index contributed by atoms with van der Waals surface area (Å²) in [6.45, 7) is 0. The van der Waals surface area contributed by atoms with Gasteiger partial charge in [-0.15, -0.1) is 11.8 Å². The van der Waals surface area contributed by atoms with E-state index in [9.17, 15) is 18.4 Å². The van der Waals surface area contributed by atoms with E-state index in [-0.39, 0.29) is 17.8 Å². The Morgan fingerprint density at radius 1 is 1.20 bits per heavy atom. The molecule has 0 saturated heterocycles. The molecule has 2 aromatic carbocycles. The maximum Gasteiger partial charge on any atom is 0.327 e. The summed E-state index contributed by atoms with van der Waals surface area (Å²) in [6.07, 6.45) is -0.182. The number of rotatable bonds is 4. The quantitative estimate of drug-likeness (QED) is 0.692. The van der Waals surface area contributed by atoms with Crippen LogP contribution in [0.25, 0.3) is 0 Å². The number of urea groups is 1. The van der Waals surface area contributed by atoms with Crippen LogP contribution in [0.15, 0.2) is 58.6 Å². The van der Waals surface area contributed by atoms with Crippen LogP contribution in [0.5, 0.6) is 0 Å². The van der Waals surface area contributed by atoms with Crippen molar-refractivity contribution in [2.24, 2.45) is 0 Å². The van der Waals surface area contributed by atoms with Crippen molar-refractivity contribution in [3.05, 3.63) is 70.4 Å². The molecule has 1 aliphatic heterocycles. The highest BCUT2D eigenvalue weighted by Crippen LogP contribution is 2.43. The molecule has 0 fully saturated rings. The van der Waals surface area contributed by atoms with Gasteiger partial charge in [-0.2, -0.15) is 5.26 Å². The molecular formula is C22H17F2N3O2S. The maximum atomic E-state index is 13.2. The standard InChI is InChI=1S/C22H17F2N3O2S/c1-30-18-9-12(11-25)5-6-15(18)20-19-16(7-8-17(19)28)27(22(29)26-20)14-4-2-3-13(10-14)21(23)24/h2-6,9-10,20-21H,7-8H2,1H3,(H,26,29). The summed E-state index contributed by atoms with van der Waals surface area (Å²) in [4.78, 5) is 27.9. The molecule has 2 aromatic rings. The predicted molar refractivity (Wildman–Crippen MR) is 109 cm³/mol. The Labute approximate surface area is 176 Å². The van der Waals surface area contributed by atoms with Crippen molar-refractivity contribution < 1.29 is 18.4 Å². The molecule has 152 valence electrons. The van der Waals surface area contributed by atoms with E-state index in [0.717, 1.165) is 10.5 Å². The van der Waals surface area contributed by atoms with Crippen molar-refractivity contribution in [2.45, 2.75) is 30.2 Å². The molecule has 0 spiro atoms. The van der Waals surface area contributed by atoms with Crippen molar-refractivity contribution in [3.63, 3.8) is 0 Å². The van der Waals surface area contributed by atoms with E-state index >= 15 is 0 Å². The lowest BCUT2D eigenvalue weighted by molar-refractivity contribution is -0.115. The van der Waals surface area contributed by atoms with Crippen molar-refractivity contribution in [1.29, 1.82) is 5.26 Å². The molecule has 5 nitrogen and oxygen atoms in total. The summed E-state index contributed by atoms with van der Waals surface area (Å²) in [5.74, 6) is -0.0820. The van der Waals surface area contributed by atoms with Gasteiger partial charge in [-0.05, 0) is 42.5 Å². The molecule has 2 amide bonds. The van der Waals surface area contributed by atoms with Gasteiger partial charge in [0.05, 0.1) is 23.4 Å². The SMILES string of the molecule is CSc1cc(C#N)ccc1C1NC(=O)N(c2cccc(C(F)F)c2)C2=C1C(=O)CC2. The zero-order valence-corrected chi connectivity index (χ0v) is 16.8. The summed E-state index contributed by atoms with van der Waals surface area (Å²) in [7, 11) is 0. The van der Waals surface area contributed by atoms with Crippen LogP contribution < -0.4 is 10.2 Å². The van der Waals surface area contributed by atoms with E-state index in [4.69, 9.17) is 5.26 Å². The first kappa shape index (κ1) is 20.1. The number of halogens is 2. The Morgan fingerprint density at radius 3 is 2.70 bits per heavy atom. The van der Waals surface area contributed by atoms with Crippen LogP contribution in [0.3, 0.4) is 0 Å². The van der Waals surface area contributed by atoms with E-state index in [1.807, 2.05) is 6.26 Å². The second-order valence-corrected chi connectivity index (χ2v) is 7.81. The van der Waals surface area contributed by atoms with Crippen molar-refractivity contribution in [2.75, 3.05) is 11.2 Å². The lowest BCUT2D eigenvalue weighted by Gasteiger charge is -2.35. The number of nitrogens with zero attached hydrogens (tertiary/aromatic N) is 2. The molecule has 0 aromatic heterocycles. The molecule has 2 aliphatic rings. The first-order valence-corrected chi connectivity index (χ1v) is 10.5. The number of ketones is 1. The molecule has 0 radical (unpaired) electrons. The summed E-state index contributed by atoms with van der Waals surface area (Å²) in [5, 5.41) is 12.0. The van der Waals surface area contributed by atoms with Crippen LogP contribution in [0.1, 0.15) is 42.0 Å². The molecule has 1 aliphatic carbocycles. The third-order valence-corrected chi connectivity index (χ3v) is 6.08. The number of amides is 2. The smallest absolute Gasteiger partial charge is 0.326 e. The lowest BCUT2D eigenvalue weighted by Crippen LogP contribution is -2.47. The Kier molecular flexibility index (Phi) is 5.31. The zero-order chi connectivity index (χ0) is 21.4. The van der Waals surface area contributed by atoms with Gasteiger partial charge in [-0.25, -0.2) is 13.6 Å². The van der Waals surface area contributed by atoms with E-state index in [0.29, 0.717) is 28.9 Å². The fourth-order valence-electron chi connectivity index (χ4n) is 3.93. The Bertz CT molecular complexity index is 1120. The molecule has 0 bridgehead atoms. The Morgan fingerprint density at radius 2 is 2.00 bits per heavy atom. The van der Waals surface area contributed by atoms with Gasteiger partial charge in [0, 0.05) is 28.1 Å². The van der Waals surface area contributed by atoms with Gasteiger partial charge in [0.2, 0.25) is 0 Å². The van der Waals surface area contributed by atoms with Gasteiger partial charge in [0.1, 0.15) is 0 Å². The molecular weight excluding hydrogens is 408 g/mol. The maximum absolute atomic E-state index is 13.2. The largest absolute Gasteiger partial charge is 0.327 e. The first-order valence-electron chi connectivity index (χ1n) is 9.27. The number of allylic oxidation sites excluding steroid dienone is 1. The van der Waals surface area contributed by atoms with Gasteiger partial charge < -0.3 is 5.32 Å². The van der Waals surface area contributed by atoms with Crippen LogP contribution in [0.4, 0.5) is 19.3 Å². The average molecular weight is 425 g/mol. The monoisotopic (exact) mass is 425 g/mol. The minimum absolute atomic E-state index is 0.0820. The third kappa shape index (κ3) is 3.35. The summed E-state index contributed by atoms with van der Waals surface area (Å²) >= 11 is 1.42. The van der Waals surface area contributed by atoms with Crippen LogP contribution in [-0.2, 0) is 4.79 Å². The number of nitrogens with one attached hydrogen (secondary N) is 1. The number of benzene rings is 2. The number of carbonyl (C=O) groups is 2. The number of hydrogen-bond acceptors (Lipinski definition) is 4. The Balaban J connectivity index is 1.83. The molecule has 4 rings (SSSR count). The molecule has 8 heteroatoms. The molecule has 0 saturated carbocycles. The lowest BCUT2D eigenvalue weighted by atomic mass is 9.94. The van der Waals surface area contributed by atoms with Crippen molar-refractivity contribution in [3.8, 4) is 6.07 Å². The van der Waals surface area contributed by atoms with Crippen molar-refractivity contribution in [1.82, 2.24) is 5.32 Å². The highest BCUT2D eigenvalue weighted by Gasteiger charge is 2.41. The summed E-state index contributed by atoms with van der Waals surface area (Å²) < 4.78 is 26.3. The number of carbonyl (C=O) groups excluding carboxylic acids is 2. The van der Waals surface area contributed by atoms with Crippen molar-refractivity contribution >= 4 is 29.3 Å². The van der Waals surface area contributed by atoms with E-state index in [2.05, 4.69) is 11.4 Å². The average Bonchev–Trinajstić information content (AvgIpc) is 3.14. The number of hydrogen-bond donors (Lipinski definition) is 1. The fourth-order valence-corrected chi connectivity index (χ4v) is 4.60. The summed E-state index contributed by atoms with van der Waals surface area (Å²) in [6, 6.07) is 11.7. The third-order valence-electron chi connectivity index (χ3n) is 5.28. The molecule has 1 N–H and O–H groups in total. The highest BCUT2D eigenvalue weighted by molar-refractivity contribution is 7.98. The topological polar surface area (TPSA) is 73.2 Å². The minimum Gasteiger partial charge on any atom is -0.326 e. The normalized spacial score (nSPS) is 18.5. The second-order valence-electron chi connectivity index (χ2n) is 6.97. The molecule has 1 heterocycles. The van der Waals surface area contributed by atoms with E-state index in [1.165, 1.54) is 34.9 Å². The molecule has 30 heavy (non-hydrogen) atoms. The van der Waals surface area contributed by atoms with E-state index < -0.39 is 18.5 Å². The fraction of sp³-hybridized carbons (Fsp3) is 0.227. The van der Waals surface area contributed by atoms with E-state index in [1.54, 1.807) is 24.3 Å². The zero-order valence-electron chi connectivity index (χ0n) is 16.0. The number of anilines is 1. The van der Waals surface area contributed by atoms with Gasteiger partial charge in [-0.3, -0.25) is 9.69 Å². The van der Waals surface area contributed by atoms with Gasteiger partial charge in [0.15, 0.2) is 5.78 Å². The van der Waals surface area contributed by atoms with Crippen LogP contribution in [0.2, 0.25) is 0 Å². The number of Topliss-reactive ketones (excluding diaryl/α,β-unsaturated/α-hetero) is 1. The number of alkyl halides is 2. The highest BCUT2D eigenvalue weighted by atomic mass is 32.2. The van der Waals surface area contributed by atoms with Crippen LogP contribution in [0, 0.1) is 11.3 Å². The second kappa shape index (κ2) is 7.92. The summed E-state index contributed by atoms with van der Waals surface area (Å²) in [5.41, 5.74) is 2.34. The Hall–Kier alpha value is -3.18. The van der Waals surface area contributed by atoms with Gasteiger partial charge in [-0.1, -0.05) is 18.2 Å².